The van der Waals surface area contributed by atoms with E-state index < -0.39 is 0 Å². The van der Waals surface area contributed by atoms with Crippen molar-refractivity contribution < 1.29 is 14.6 Å². The molecule has 3 nitrogen and oxygen atoms in total. The Morgan fingerprint density at radius 2 is 1.52 bits per heavy atom. The predicted molar refractivity (Wildman–Crippen MR) is 95.1 cm³/mol. The Kier molecular flexibility index (Phi) is 6.26. The topological polar surface area (TPSA) is 46.5 Å². The van der Waals surface area contributed by atoms with Gasteiger partial charge in [0.25, 0.3) is 0 Å². The number of hydrogen-bond acceptors (Lipinski definition) is 3. The lowest BCUT2D eigenvalue weighted by Gasteiger charge is -2.28. The lowest BCUT2D eigenvalue weighted by atomic mass is 9.78. The third-order valence-corrected chi connectivity index (χ3v) is 3.87. The van der Waals surface area contributed by atoms with Gasteiger partial charge < -0.3 is 9.84 Å². The number of carbonyl (C=O) groups excluding carboxylic acids is 1. The zero-order valence-corrected chi connectivity index (χ0v) is 15.7. The maximum absolute atomic E-state index is 11.7. The van der Waals surface area contributed by atoms with Gasteiger partial charge in [-0.1, -0.05) is 60.6 Å². The molecular weight excluding hydrogens is 288 g/mol. The van der Waals surface area contributed by atoms with Crippen LogP contribution < -0.4 is 0 Å². The molecule has 0 amide bonds. The van der Waals surface area contributed by atoms with Crippen molar-refractivity contribution in [2.24, 2.45) is 0 Å². The fraction of sp³-hybridized carbons (Fsp3) is 0.650. The van der Waals surface area contributed by atoms with E-state index in [1.807, 2.05) is 19.1 Å². The zero-order valence-electron chi connectivity index (χ0n) is 15.7. The summed E-state index contributed by atoms with van der Waals surface area (Å²) < 4.78 is 5.14. The highest BCUT2D eigenvalue weighted by Crippen LogP contribution is 2.39. The number of phenols is 1. The van der Waals surface area contributed by atoms with Gasteiger partial charge in [-0.25, -0.2) is 0 Å². The molecule has 1 N–H and O–H groups in total. The average Bonchev–Trinajstić information content (AvgIpc) is 2.41. The number of benzene rings is 1. The molecule has 0 heterocycles. The van der Waals surface area contributed by atoms with Gasteiger partial charge in [0.05, 0.1) is 6.61 Å². The summed E-state index contributed by atoms with van der Waals surface area (Å²) in [6, 6.07) is 4.05. The van der Waals surface area contributed by atoms with Crippen molar-refractivity contribution in [3.8, 4) is 5.75 Å². The Bertz CT molecular complexity index is 510. The number of esters is 1. The van der Waals surface area contributed by atoms with Crippen LogP contribution in [0.3, 0.4) is 0 Å². The maximum Gasteiger partial charge on any atom is 0.306 e. The van der Waals surface area contributed by atoms with Crippen LogP contribution in [-0.4, -0.2) is 17.7 Å². The Morgan fingerprint density at radius 3 is 1.91 bits per heavy atom. The van der Waals surface area contributed by atoms with Gasteiger partial charge in [0.1, 0.15) is 5.75 Å². The number of hydrogen-bond donors (Lipinski definition) is 1. The number of carbonyl (C=O) groups is 1. The molecule has 0 atom stereocenters. The van der Waals surface area contributed by atoms with Crippen molar-refractivity contribution in [3.05, 3.63) is 28.8 Å². The molecule has 0 saturated carbocycles. The van der Waals surface area contributed by atoms with E-state index in [9.17, 15) is 9.90 Å². The van der Waals surface area contributed by atoms with Crippen LogP contribution in [0, 0.1) is 0 Å². The lowest BCUT2D eigenvalue weighted by molar-refractivity contribution is -0.143. The fourth-order valence-corrected chi connectivity index (χ4v) is 2.52. The van der Waals surface area contributed by atoms with E-state index in [-0.39, 0.29) is 16.8 Å². The van der Waals surface area contributed by atoms with Crippen LogP contribution in [-0.2, 0) is 26.8 Å². The van der Waals surface area contributed by atoms with Gasteiger partial charge in [-0.15, -0.1) is 0 Å². The Morgan fingerprint density at radius 1 is 1.04 bits per heavy atom. The summed E-state index contributed by atoms with van der Waals surface area (Å²) in [5, 5.41) is 10.7. The molecular formula is C20H32O3. The molecule has 0 spiro atoms. The number of ether oxygens (including phenoxy) is 1. The summed E-state index contributed by atoms with van der Waals surface area (Å²) in [4.78, 5) is 11.7. The van der Waals surface area contributed by atoms with Crippen LogP contribution in [0.1, 0.15) is 78.0 Å². The Labute approximate surface area is 141 Å². The van der Waals surface area contributed by atoms with Crippen molar-refractivity contribution in [3.63, 3.8) is 0 Å². The highest BCUT2D eigenvalue weighted by molar-refractivity contribution is 5.69. The van der Waals surface area contributed by atoms with Gasteiger partial charge in [0.2, 0.25) is 0 Å². The number of rotatable bonds is 5. The quantitative estimate of drug-likeness (QED) is 0.787. The van der Waals surface area contributed by atoms with Gasteiger partial charge in [-0.05, 0) is 40.4 Å². The molecule has 0 unspecified atom stereocenters. The molecule has 0 aliphatic heterocycles. The van der Waals surface area contributed by atoms with Crippen LogP contribution in [0.25, 0.3) is 0 Å². The van der Waals surface area contributed by atoms with E-state index >= 15 is 0 Å². The second kappa shape index (κ2) is 7.37. The molecule has 3 heteroatoms. The molecule has 0 saturated heterocycles. The molecule has 0 radical (unpaired) electrons. The Balaban J connectivity index is 3.11. The van der Waals surface area contributed by atoms with Crippen molar-refractivity contribution in [1.29, 1.82) is 0 Å². The number of aromatic hydroxyl groups is 1. The molecule has 0 aliphatic rings. The summed E-state index contributed by atoms with van der Waals surface area (Å²) >= 11 is 0. The van der Waals surface area contributed by atoms with Crippen LogP contribution in [0.5, 0.6) is 5.75 Å². The molecule has 1 aromatic carbocycles. The minimum atomic E-state index is -0.158. The van der Waals surface area contributed by atoms with Crippen LogP contribution in [0.15, 0.2) is 12.1 Å². The molecule has 130 valence electrons. The monoisotopic (exact) mass is 320 g/mol. The number of phenolic OH excluding ortho intramolecular Hbond substituents is 1. The molecule has 1 aromatic rings. The van der Waals surface area contributed by atoms with Crippen LogP contribution >= 0.6 is 0 Å². The Hall–Kier alpha value is -1.51. The summed E-state index contributed by atoms with van der Waals surface area (Å²) in [5.74, 6) is 0.219. The standard InChI is InChI=1S/C20H32O3/c1-8-11-23-17(21)10-9-14-12-15(19(2,3)4)18(22)16(13-14)20(5,6)7/h12-13,22H,8-11H2,1-7H3. The second-order valence-corrected chi connectivity index (χ2v) is 8.26. The smallest absolute Gasteiger partial charge is 0.306 e. The van der Waals surface area contributed by atoms with E-state index in [0.29, 0.717) is 25.2 Å². The van der Waals surface area contributed by atoms with Gasteiger partial charge in [0, 0.05) is 6.42 Å². The van der Waals surface area contributed by atoms with Crippen LogP contribution in [0.4, 0.5) is 0 Å². The molecule has 0 bridgehead atoms. The van der Waals surface area contributed by atoms with Gasteiger partial charge in [-0.3, -0.25) is 4.79 Å². The van der Waals surface area contributed by atoms with Gasteiger partial charge in [-0.2, -0.15) is 0 Å². The van der Waals surface area contributed by atoms with E-state index in [0.717, 1.165) is 23.1 Å². The fourth-order valence-electron chi connectivity index (χ4n) is 2.52. The van der Waals surface area contributed by atoms with Gasteiger partial charge in [0.15, 0.2) is 0 Å². The molecule has 0 fully saturated rings. The summed E-state index contributed by atoms with van der Waals surface area (Å²) in [6.07, 6.45) is 1.85. The second-order valence-electron chi connectivity index (χ2n) is 8.26. The summed E-state index contributed by atoms with van der Waals surface area (Å²) in [7, 11) is 0. The van der Waals surface area contributed by atoms with Crippen LogP contribution in [0.2, 0.25) is 0 Å². The van der Waals surface area contributed by atoms with Crippen molar-refractivity contribution in [2.75, 3.05) is 6.61 Å². The van der Waals surface area contributed by atoms with E-state index in [1.165, 1.54) is 0 Å². The molecule has 1 rings (SSSR count). The minimum Gasteiger partial charge on any atom is -0.507 e. The lowest BCUT2D eigenvalue weighted by Crippen LogP contribution is -2.18. The highest BCUT2D eigenvalue weighted by Gasteiger charge is 2.26. The van der Waals surface area contributed by atoms with Crippen molar-refractivity contribution >= 4 is 5.97 Å². The highest BCUT2D eigenvalue weighted by atomic mass is 16.5. The minimum absolute atomic E-state index is 0.150. The van der Waals surface area contributed by atoms with E-state index in [1.54, 1.807) is 0 Å². The molecule has 0 aromatic heterocycles. The predicted octanol–water partition coefficient (Wildman–Crippen LogP) is 4.87. The third kappa shape index (κ3) is 5.56. The zero-order chi connectivity index (χ0) is 17.8. The third-order valence-electron chi connectivity index (χ3n) is 3.87. The first kappa shape index (κ1) is 19.5. The first-order valence-corrected chi connectivity index (χ1v) is 8.49. The maximum atomic E-state index is 11.7. The summed E-state index contributed by atoms with van der Waals surface area (Å²) in [6.45, 7) is 15.0. The SMILES string of the molecule is CCCOC(=O)CCc1cc(C(C)(C)C)c(O)c(C(C)(C)C)c1. The number of aryl methyl sites for hydroxylation is 1. The summed E-state index contributed by atoms with van der Waals surface area (Å²) in [5.41, 5.74) is 2.64. The van der Waals surface area contributed by atoms with Crippen molar-refractivity contribution in [2.45, 2.75) is 78.6 Å². The van der Waals surface area contributed by atoms with Crippen molar-refractivity contribution in [1.82, 2.24) is 0 Å². The first-order valence-electron chi connectivity index (χ1n) is 8.49. The average molecular weight is 320 g/mol. The largest absolute Gasteiger partial charge is 0.507 e. The first-order chi connectivity index (χ1) is 10.5. The van der Waals surface area contributed by atoms with E-state index in [4.69, 9.17) is 4.74 Å². The molecule has 23 heavy (non-hydrogen) atoms. The van der Waals surface area contributed by atoms with E-state index in [2.05, 4.69) is 41.5 Å². The molecule has 0 aliphatic carbocycles. The normalized spacial score (nSPS) is 12.3. The van der Waals surface area contributed by atoms with Gasteiger partial charge >= 0.3 is 5.97 Å².